The Bertz CT molecular complexity index is 1100. The van der Waals surface area contributed by atoms with Gasteiger partial charge in [0, 0.05) is 21.2 Å². The molecule has 0 saturated heterocycles. The van der Waals surface area contributed by atoms with Crippen LogP contribution in [-0.4, -0.2) is 11.6 Å². The fraction of sp³-hybridized carbons (Fsp3) is 0.174. The van der Waals surface area contributed by atoms with Crippen molar-refractivity contribution in [1.82, 2.24) is 0 Å². The molecule has 1 unspecified atom stereocenters. The molecule has 4 aromatic rings. The van der Waals surface area contributed by atoms with Crippen LogP contribution in [0.15, 0.2) is 72.8 Å². The Morgan fingerprint density at radius 1 is 0.808 bits per heavy atom. The molecule has 1 aromatic heterocycles. The van der Waals surface area contributed by atoms with Gasteiger partial charge in [0.15, 0.2) is 14.3 Å². The van der Waals surface area contributed by atoms with Crippen molar-refractivity contribution in [3.63, 3.8) is 0 Å². The third-order valence-corrected chi connectivity index (χ3v) is 6.55. The number of rotatable bonds is 2. The topological polar surface area (TPSA) is 26.3 Å². The smallest absolute Gasteiger partial charge is 0.338 e. The van der Waals surface area contributed by atoms with Gasteiger partial charge in [-0.25, -0.2) is 4.79 Å². The fourth-order valence-electron chi connectivity index (χ4n) is 3.18. The molecule has 0 saturated carbocycles. The lowest BCUT2D eigenvalue weighted by Gasteiger charge is -2.19. The highest BCUT2D eigenvalue weighted by Crippen LogP contribution is 2.48. The lowest BCUT2D eigenvalue weighted by Crippen LogP contribution is -2.23. The van der Waals surface area contributed by atoms with Gasteiger partial charge in [-0.15, -0.1) is 0 Å². The first-order chi connectivity index (χ1) is 12.4. The van der Waals surface area contributed by atoms with Crippen LogP contribution in [0.5, 0.6) is 0 Å². The fourth-order valence-corrected chi connectivity index (χ4v) is 5.56. The third-order valence-electron chi connectivity index (χ3n) is 4.21. The molecule has 130 valence electrons. The maximum Gasteiger partial charge on any atom is 0.338 e. The van der Waals surface area contributed by atoms with Gasteiger partial charge in [0.25, 0.3) is 0 Å². The first-order valence-corrected chi connectivity index (χ1v) is 9.93. The van der Waals surface area contributed by atoms with E-state index in [9.17, 15) is 4.79 Å². The maximum absolute atomic E-state index is 12.5. The molecule has 1 heterocycles. The van der Waals surface area contributed by atoms with E-state index in [4.69, 9.17) is 4.74 Å². The molecule has 26 heavy (non-hydrogen) atoms. The number of fused-ring (bicyclic) bond motifs is 3. The summed E-state index contributed by atoms with van der Waals surface area (Å²) in [5.74, 6) is -0.274. The summed E-state index contributed by atoms with van der Waals surface area (Å²) < 4.78 is 8.13. The Morgan fingerprint density at radius 2 is 1.46 bits per heavy atom. The van der Waals surface area contributed by atoms with Gasteiger partial charge < -0.3 is 4.74 Å². The first kappa shape index (κ1) is 16.8. The van der Waals surface area contributed by atoms with E-state index in [1.165, 1.54) is 19.7 Å². The predicted molar refractivity (Wildman–Crippen MR) is 110 cm³/mol. The Kier molecular flexibility index (Phi) is 4.04. The molecule has 0 N–H and O–H groups in total. The van der Waals surface area contributed by atoms with Crippen molar-refractivity contribution in [3.05, 3.63) is 78.4 Å². The van der Waals surface area contributed by atoms with Gasteiger partial charge in [0.1, 0.15) is 5.60 Å². The average molecular weight is 361 g/mol. The molecule has 0 aliphatic rings. The van der Waals surface area contributed by atoms with E-state index in [1.807, 2.05) is 39.0 Å². The minimum absolute atomic E-state index is 0.133. The Labute approximate surface area is 156 Å². The van der Waals surface area contributed by atoms with Gasteiger partial charge in [-0.3, -0.25) is 0 Å². The van der Waals surface area contributed by atoms with Crippen molar-refractivity contribution in [1.29, 1.82) is 0 Å². The van der Waals surface area contributed by atoms with E-state index >= 15 is 0 Å². The van der Waals surface area contributed by atoms with Gasteiger partial charge in [-0.05, 0) is 63.2 Å². The summed E-state index contributed by atoms with van der Waals surface area (Å²) in [6.07, 6.45) is 0. The van der Waals surface area contributed by atoms with E-state index in [-0.39, 0.29) is 16.4 Å². The molecular weight excluding hydrogens is 340 g/mol. The van der Waals surface area contributed by atoms with Crippen LogP contribution in [0.1, 0.15) is 31.1 Å². The second kappa shape index (κ2) is 6.26. The Hall–Kier alpha value is -2.65. The molecule has 0 bridgehead atoms. The third kappa shape index (κ3) is 2.99. The maximum atomic E-state index is 12.5. The van der Waals surface area contributed by atoms with Crippen LogP contribution in [0.25, 0.3) is 25.1 Å². The minimum atomic E-state index is -0.498. The number of carbonyl (C=O) groups excluding carboxylic acids is 1. The molecule has 0 amide bonds. The summed E-state index contributed by atoms with van der Waals surface area (Å²) in [7, 11) is -0.133. The molecule has 3 aromatic carbocycles. The minimum Gasteiger partial charge on any atom is -0.456 e. The quantitative estimate of drug-likeness (QED) is 0.294. The number of hydrogen-bond donors (Lipinski definition) is 0. The molecule has 0 fully saturated rings. The Morgan fingerprint density at radius 3 is 2.19 bits per heavy atom. The highest BCUT2D eigenvalue weighted by molar-refractivity contribution is 7.50. The van der Waals surface area contributed by atoms with E-state index < -0.39 is 5.60 Å². The number of thiophene rings is 1. The summed E-state index contributed by atoms with van der Waals surface area (Å²) in [6.45, 7) is 5.67. The second-order valence-corrected chi connectivity index (χ2v) is 9.29. The van der Waals surface area contributed by atoms with E-state index in [0.29, 0.717) is 5.56 Å². The molecule has 4 rings (SSSR count). The Balaban J connectivity index is 1.95. The number of benzene rings is 3. The largest absolute Gasteiger partial charge is 0.456 e. The van der Waals surface area contributed by atoms with Gasteiger partial charge in [-0.2, -0.15) is 0 Å². The lowest BCUT2D eigenvalue weighted by atomic mass is 10.1. The number of ether oxygens (including phenoxy) is 1. The van der Waals surface area contributed by atoms with Crippen molar-refractivity contribution in [2.45, 2.75) is 26.4 Å². The van der Waals surface area contributed by atoms with Crippen LogP contribution < -0.4 is 0 Å². The predicted octanol–water partition coefficient (Wildman–Crippen LogP) is 6.69. The molecule has 0 spiro atoms. The van der Waals surface area contributed by atoms with E-state index in [0.717, 1.165) is 5.39 Å². The van der Waals surface area contributed by atoms with Crippen LogP contribution in [-0.2, 0) is 4.74 Å². The van der Waals surface area contributed by atoms with Crippen LogP contribution in [0.4, 0.5) is 0 Å². The van der Waals surface area contributed by atoms with Crippen molar-refractivity contribution >= 4 is 36.6 Å². The number of hydrogen-bond acceptors (Lipinski definition) is 2. The average Bonchev–Trinajstić information content (AvgIpc) is 2.95. The van der Waals surface area contributed by atoms with Crippen LogP contribution in [0, 0.1) is 0 Å². The highest BCUT2D eigenvalue weighted by atomic mass is 32.2. The van der Waals surface area contributed by atoms with Gasteiger partial charge in [0.05, 0.1) is 5.56 Å². The first-order valence-electron chi connectivity index (χ1n) is 8.70. The van der Waals surface area contributed by atoms with Crippen LogP contribution in [0.3, 0.4) is 0 Å². The highest BCUT2D eigenvalue weighted by Gasteiger charge is 2.25. The molecule has 0 aliphatic heterocycles. The van der Waals surface area contributed by atoms with Crippen LogP contribution >= 0.6 is 10.5 Å². The van der Waals surface area contributed by atoms with Gasteiger partial charge in [-0.1, -0.05) is 30.3 Å². The zero-order valence-corrected chi connectivity index (χ0v) is 16.0. The van der Waals surface area contributed by atoms with Gasteiger partial charge >= 0.3 is 5.97 Å². The summed E-state index contributed by atoms with van der Waals surface area (Å²) in [4.78, 5) is 13.8. The molecule has 3 heteroatoms. The van der Waals surface area contributed by atoms with E-state index in [1.54, 1.807) is 0 Å². The lowest BCUT2D eigenvalue weighted by molar-refractivity contribution is 0.00697. The molecule has 1 atom stereocenters. The molecule has 2 nitrogen and oxygen atoms in total. The van der Waals surface area contributed by atoms with Crippen molar-refractivity contribution < 1.29 is 9.53 Å². The normalized spacial score (nSPS) is 12.5. The standard InChI is InChI=1S/C23H21O2S/c1-23(2,3)25-22(24)16-13-14-21-19(15-16)18-11-7-8-12-20(18)26(21)17-9-5-4-6-10-17/h4-15H,1-3H3/q+1. The zero-order chi connectivity index (χ0) is 18.3. The molecule has 0 radical (unpaired) electrons. The van der Waals surface area contributed by atoms with Gasteiger partial charge in [0.2, 0.25) is 0 Å². The molecule has 0 aliphatic carbocycles. The number of esters is 1. The van der Waals surface area contributed by atoms with Crippen molar-refractivity contribution in [2.24, 2.45) is 0 Å². The molecular formula is C23H21O2S+. The van der Waals surface area contributed by atoms with Crippen molar-refractivity contribution in [2.75, 3.05) is 0 Å². The second-order valence-electron chi connectivity index (χ2n) is 7.33. The summed E-state index contributed by atoms with van der Waals surface area (Å²) in [5.41, 5.74) is 0.106. The zero-order valence-electron chi connectivity index (χ0n) is 15.2. The summed E-state index contributed by atoms with van der Waals surface area (Å²) in [6, 6.07) is 25.0. The SMILES string of the molecule is CC(C)(C)OC(=O)c1ccc2c(c1)c1ccccc1[s+]2-c1ccccc1. The monoisotopic (exact) mass is 361 g/mol. The summed E-state index contributed by atoms with van der Waals surface area (Å²) >= 11 is 0. The van der Waals surface area contributed by atoms with E-state index in [2.05, 4.69) is 54.6 Å². The van der Waals surface area contributed by atoms with Crippen LogP contribution in [0.2, 0.25) is 0 Å². The summed E-state index contributed by atoms with van der Waals surface area (Å²) in [5, 5.41) is 2.34. The van der Waals surface area contributed by atoms with Crippen molar-refractivity contribution in [3.8, 4) is 4.90 Å². The number of carbonyl (C=O) groups is 1.